The second-order valence-corrected chi connectivity index (χ2v) is 4.69. The molecule has 0 unspecified atom stereocenters. The second-order valence-electron chi connectivity index (χ2n) is 4.31. The lowest BCUT2D eigenvalue weighted by Gasteiger charge is -2.25. The molecule has 0 aliphatic rings. The van der Waals surface area contributed by atoms with E-state index in [0.29, 0.717) is 0 Å². The van der Waals surface area contributed by atoms with Crippen LogP contribution < -0.4 is 10.1 Å². The van der Waals surface area contributed by atoms with Crippen LogP contribution in [0.25, 0.3) is 0 Å². The van der Waals surface area contributed by atoms with E-state index >= 15 is 0 Å². The quantitative estimate of drug-likeness (QED) is 0.599. The number of hydrogen-bond acceptors (Lipinski definition) is 6. The molecule has 0 spiro atoms. The molecule has 0 fully saturated rings. The van der Waals surface area contributed by atoms with Crippen molar-refractivity contribution in [2.75, 3.05) is 31.5 Å². The number of nitrogens with zero attached hydrogens (tertiary/aromatic N) is 2. The van der Waals surface area contributed by atoms with E-state index in [1.165, 1.54) is 47.3 Å². The first-order chi connectivity index (χ1) is 10.8. The molecule has 126 valence electrons. The van der Waals surface area contributed by atoms with Crippen molar-refractivity contribution in [3.63, 3.8) is 0 Å². The Balaban J connectivity index is 3.66. The fraction of sp³-hybridized carbons (Fsp3) is 0.357. The van der Waals surface area contributed by atoms with Gasteiger partial charge < -0.3 is 4.74 Å². The highest BCUT2D eigenvalue weighted by Gasteiger charge is 2.25. The lowest BCUT2D eigenvalue weighted by Crippen LogP contribution is -2.30. The molecular formula is C14H17ClN2O6. The van der Waals surface area contributed by atoms with Crippen LogP contribution in [0.15, 0.2) is 12.1 Å². The Morgan fingerprint density at radius 2 is 1.30 bits per heavy atom. The van der Waals surface area contributed by atoms with Gasteiger partial charge in [0.15, 0.2) is 0 Å². The molecule has 0 heterocycles. The highest BCUT2D eigenvalue weighted by atomic mass is 35.5. The van der Waals surface area contributed by atoms with E-state index in [1.54, 1.807) is 0 Å². The maximum absolute atomic E-state index is 11.8. The molecule has 2 amide bonds. The Morgan fingerprint density at radius 3 is 1.57 bits per heavy atom. The van der Waals surface area contributed by atoms with Gasteiger partial charge in [-0.15, -0.1) is 0 Å². The highest BCUT2D eigenvalue weighted by Crippen LogP contribution is 2.37. The minimum atomic E-state index is -0.677. The number of carbonyl (C=O) groups excluding carboxylic acids is 3. The summed E-state index contributed by atoms with van der Waals surface area (Å²) in [5, 5.41) is 1.75. The molecule has 8 nitrogen and oxygen atoms in total. The molecule has 1 aromatic rings. The van der Waals surface area contributed by atoms with Gasteiger partial charge in [-0.2, -0.15) is 10.1 Å². The second kappa shape index (κ2) is 7.91. The first-order valence-electron chi connectivity index (χ1n) is 6.39. The number of esters is 1. The molecule has 23 heavy (non-hydrogen) atoms. The molecule has 1 aromatic carbocycles. The summed E-state index contributed by atoms with van der Waals surface area (Å²) in [6.07, 6.45) is 0. The van der Waals surface area contributed by atoms with Gasteiger partial charge in [-0.1, -0.05) is 11.6 Å². The number of benzene rings is 1. The molecule has 0 atom stereocenters. The number of rotatable bonds is 5. The van der Waals surface area contributed by atoms with Crippen molar-refractivity contribution in [3.05, 3.63) is 22.7 Å². The molecule has 0 bridgehead atoms. The molecule has 1 rings (SSSR count). The first kappa shape index (κ1) is 18.9. The normalized spacial score (nSPS) is 10.2. The minimum Gasteiger partial charge on any atom is -0.465 e. The summed E-state index contributed by atoms with van der Waals surface area (Å²) in [5.74, 6) is -1.63. The number of hydrogen-bond donors (Lipinski definition) is 0. The third-order valence-corrected chi connectivity index (χ3v) is 3.22. The summed E-state index contributed by atoms with van der Waals surface area (Å²) >= 11 is 6.26. The fourth-order valence-corrected chi connectivity index (χ4v) is 2.18. The standard InChI is InChI=1S/C14H17ClN2O6/c1-8(18)16(22-4)11-6-10(14(20)21-3)7-12(13(11)15)17(23-5)9(2)19/h6-7H,1-5H3. The Kier molecular flexibility index (Phi) is 6.49. The molecule has 0 saturated heterocycles. The predicted octanol–water partition coefficient (Wildman–Crippen LogP) is 1.96. The van der Waals surface area contributed by atoms with Crippen LogP contribution in [-0.4, -0.2) is 39.1 Å². The van der Waals surface area contributed by atoms with E-state index in [0.717, 1.165) is 10.1 Å². The highest BCUT2D eigenvalue weighted by molar-refractivity contribution is 6.37. The summed E-state index contributed by atoms with van der Waals surface area (Å²) in [7, 11) is 3.73. The molecule has 0 aliphatic carbocycles. The lowest BCUT2D eigenvalue weighted by molar-refractivity contribution is -0.123. The molecule has 0 saturated carbocycles. The number of halogens is 1. The lowest BCUT2D eigenvalue weighted by atomic mass is 10.1. The fourth-order valence-electron chi connectivity index (χ4n) is 1.92. The Labute approximate surface area is 138 Å². The van der Waals surface area contributed by atoms with Crippen LogP contribution in [0.3, 0.4) is 0 Å². The van der Waals surface area contributed by atoms with Crippen LogP contribution in [0.4, 0.5) is 11.4 Å². The first-order valence-corrected chi connectivity index (χ1v) is 6.77. The zero-order valence-corrected chi connectivity index (χ0v) is 14.1. The molecule has 9 heteroatoms. The maximum Gasteiger partial charge on any atom is 0.338 e. The largest absolute Gasteiger partial charge is 0.465 e. The summed E-state index contributed by atoms with van der Waals surface area (Å²) in [6.45, 7) is 2.51. The molecule has 0 N–H and O–H groups in total. The van der Waals surface area contributed by atoms with Gasteiger partial charge in [-0.25, -0.2) is 4.79 Å². The number of carbonyl (C=O) groups is 3. The van der Waals surface area contributed by atoms with Crippen LogP contribution in [0.1, 0.15) is 24.2 Å². The van der Waals surface area contributed by atoms with Crippen molar-refractivity contribution in [2.24, 2.45) is 0 Å². The van der Waals surface area contributed by atoms with Crippen molar-refractivity contribution in [1.29, 1.82) is 0 Å². The number of methoxy groups -OCH3 is 1. The van der Waals surface area contributed by atoms with E-state index in [2.05, 4.69) is 4.74 Å². The minimum absolute atomic E-state index is 0.00764. The van der Waals surface area contributed by atoms with Crippen LogP contribution >= 0.6 is 11.6 Å². The van der Waals surface area contributed by atoms with Gasteiger partial charge in [0.2, 0.25) is 11.8 Å². The Bertz CT molecular complexity index is 591. The smallest absolute Gasteiger partial charge is 0.338 e. The van der Waals surface area contributed by atoms with Gasteiger partial charge in [-0.05, 0) is 12.1 Å². The zero-order chi connectivity index (χ0) is 17.7. The summed E-state index contributed by atoms with van der Waals surface area (Å²) in [6, 6.07) is 2.63. The number of anilines is 2. The SMILES string of the molecule is COC(=O)c1cc(N(OC)C(C)=O)c(Cl)c(N(OC)C(C)=O)c1. The van der Waals surface area contributed by atoms with E-state index in [4.69, 9.17) is 21.3 Å². The van der Waals surface area contributed by atoms with Gasteiger partial charge in [-0.3, -0.25) is 19.3 Å². The Morgan fingerprint density at radius 1 is 0.913 bits per heavy atom. The number of hydroxylamine groups is 2. The third-order valence-electron chi connectivity index (χ3n) is 2.83. The van der Waals surface area contributed by atoms with Crippen molar-refractivity contribution in [3.8, 4) is 0 Å². The van der Waals surface area contributed by atoms with Crippen molar-refractivity contribution >= 4 is 40.8 Å². The van der Waals surface area contributed by atoms with E-state index < -0.39 is 17.8 Å². The van der Waals surface area contributed by atoms with Gasteiger partial charge >= 0.3 is 5.97 Å². The van der Waals surface area contributed by atoms with Crippen LogP contribution in [0.5, 0.6) is 0 Å². The van der Waals surface area contributed by atoms with Crippen LogP contribution in [0, 0.1) is 0 Å². The zero-order valence-electron chi connectivity index (χ0n) is 13.4. The van der Waals surface area contributed by atoms with Crippen molar-refractivity contribution < 1.29 is 28.8 Å². The van der Waals surface area contributed by atoms with E-state index in [-0.39, 0.29) is 22.0 Å². The Hall–Kier alpha value is -2.16. The average molecular weight is 345 g/mol. The van der Waals surface area contributed by atoms with E-state index in [9.17, 15) is 14.4 Å². The van der Waals surface area contributed by atoms with Crippen LogP contribution in [-0.2, 0) is 24.0 Å². The number of ether oxygens (including phenoxy) is 1. The molecular weight excluding hydrogens is 328 g/mol. The third kappa shape index (κ3) is 3.98. The predicted molar refractivity (Wildman–Crippen MR) is 83.1 cm³/mol. The summed E-state index contributed by atoms with van der Waals surface area (Å²) in [5.41, 5.74) is 0.208. The van der Waals surface area contributed by atoms with Gasteiger partial charge in [0, 0.05) is 13.8 Å². The molecule has 0 aliphatic heterocycles. The van der Waals surface area contributed by atoms with Gasteiger partial charge in [0.25, 0.3) is 0 Å². The maximum atomic E-state index is 11.8. The summed E-state index contributed by atoms with van der Waals surface area (Å²) < 4.78 is 4.66. The topological polar surface area (TPSA) is 85.4 Å². The van der Waals surface area contributed by atoms with Gasteiger partial charge in [0.05, 0.1) is 43.3 Å². The van der Waals surface area contributed by atoms with Gasteiger partial charge in [0.1, 0.15) is 0 Å². The van der Waals surface area contributed by atoms with Crippen molar-refractivity contribution in [2.45, 2.75) is 13.8 Å². The monoisotopic (exact) mass is 344 g/mol. The van der Waals surface area contributed by atoms with Crippen molar-refractivity contribution in [1.82, 2.24) is 0 Å². The molecule has 0 radical (unpaired) electrons. The molecule has 0 aromatic heterocycles. The average Bonchev–Trinajstić information content (AvgIpc) is 2.50. The number of amides is 2. The van der Waals surface area contributed by atoms with Crippen LogP contribution in [0.2, 0.25) is 5.02 Å². The van der Waals surface area contributed by atoms with E-state index in [1.807, 2.05) is 0 Å². The summed E-state index contributed by atoms with van der Waals surface area (Å²) in [4.78, 5) is 45.1.